The Morgan fingerprint density at radius 2 is 2.12 bits per heavy atom. The fraction of sp³-hybridized carbons (Fsp3) is 0.538. The Balaban J connectivity index is 2.08. The molecule has 0 aliphatic carbocycles. The van der Waals surface area contributed by atoms with Gasteiger partial charge in [-0.05, 0) is 46.5 Å². The molecule has 0 amide bonds. The van der Waals surface area contributed by atoms with E-state index >= 15 is 0 Å². The van der Waals surface area contributed by atoms with E-state index < -0.39 is 0 Å². The fourth-order valence-corrected chi connectivity index (χ4v) is 2.91. The highest BCUT2D eigenvalue weighted by atomic mass is 79.9. The molecule has 3 nitrogen and oxygen atoms in total. The number of benzene rings is 1. The van der Waals surface area contributed by atoms with Crippen molar-refractivity contribution < 1.29 is 9.84 Å². The van der Waals surface area contributed by atoms with Crippen molar-refractivity contribution in [1.29, 1.82) is 0 Å². The molecule has 0 radical (unpaired) electrons. The van der Waals surface area contributed by atoms with E-state index in [-0.39, 0.29) is 6.61 Å². The van der Waals surface area contributed by atoms with Gasteiger partial charge in [-0.1, -0.05) is 6.07 Å². The third-order valence-electron chi connectivity index (χ3n) is 3.31. The third-order valence-corrected chi connectivity index (χ3v) is 3.95. The van der Waals surface area contributed by atoms with Crippen LogP contribution in [-0.4, -0.2) is 31.4 Å². The highest BCUT2D eigenvalue weighted by Crippen LogP contribution is 2.30. The highest BCUT2D eigenvalue weighted by molar-refractivity contribution is 9.10. The molecule has 0 spiro atoms. The summed E-state index contributed by atoms with van der Waals surface area (Å²) >= 11 is 3.57. The largest absolute Gasteiger partial charge is 0.392 e. The van der Waals surface area contributed by atoms with Crippen LogP contribution in [0.1, 0.15) is 18.4 Å². The van der Waals surface area contributed by atoms with Gasteiger partial charge in [0.1, 0.15) is 0 Å². The number of halogens is 1. The molecule has 1 N–H and O–H groups in total. The molecule has 1 aromatic carbocycles. The van der Waals surface area contributed by atoms with E-state index in [1.54, 1.807) is 7.11 Å². The lowest BCUT2D eigenvalue weighted by molar-refractivity contribution is 0.0819. The Morgan fingerprint density at radius 3 is 2.65 bits per heavy atom. The molecule has 17 heavy (non-hydrogen) atoms. The second-order valence-corrected chi connectivity index (χ2v) is 5.22. The zero-order valence-electron chi connectivity index (χ0n) is 10.0. The number of anilines is 1. The van der Waals surface area contributed by atoms with Crippen LogP contribution in [0, 0.1) is 0 Å². The number of ether oxygens (including phenoxy) is 1. The van der Waals surface area contributed by atoms with Crippen molar-refractivity contribution in [2.75, 3.05) is 25.1 Å². The number of aliphatic hydroxyl groups excluding tert-OH is 1. The number of hydrogen-bond acceptors (Lipinski definition) is 3. The van der Waals surface area contributed by atoms with Gasteiger partial charge in [0.15, 0.2) is 0 Å². The smallest absolute Gasteiger partial charge is 0.0682 e. The first kappa shape index (κ1) is 12.9. The maximum atomic E-state index is 9.08. The van der Waals surface area contributed by atoms with Gasteiger partial charge in [-0.2, -0.15) is 0 Å². The molecule has 1 aromatic rings. The summed E-state index contributed by atoms with van der Waals surface area (Å²) < 4.78 is 6.43. The van der Waals surface area contributed by atoms with Crippen molar-refractivity contribution in [3.63, 3.8) is 0 Å². The van der Waals surface area contributed by atoms with Crippen molar-refractivity contribution in [3.05, 3.63) is 28.2 Å². The molecule has 0 atom stereocenters. The molecular formula is C13H18BrNO2. The molecule has 0 bridgehead atoms. The average molecular weight is 300 g/mol. The zero-order valence-corrected chi connectivity index (χ0v) is 11.6. The summed E-state index contributed by atoms with van der Waals surface area (Å²) in [5.74, 6) is 0. The molecule has 1 heterocycles. The van der Waals surface area contributed by atoms with Crippen LogP contribution in [0.5, 0.6) is 0 Å². The lowest BCUT2D eigenvalue weighted by atomic mass is 10.1. The molecule has 4 heteroatoms. The monoisotopic (exact) mass is 299 g/mol. The molecule has 1 fully saturated rings. The molecule has 94 valence electrons. The van der Waals surface area contributed by atoms with Gasteiger partial charge >= 0.3 is 0 Å². The van der Waals surface area contributed by atoms with Crippen LogP contribution in [0.2, 0.25) is 0 Å². The van der Waals surface area contributed by atoms with Crippen LogP contribution in [0.4, 0.5) is 5.69 Å². The first-order valence-corrected chi connectivity index (χ1v) is 6.71. The summed E-state index contributed by atoms with van der Waals surface area (Å²) in [6, 6.07) is 6.03. The van der Waals surface area contributed by atoms with Crippen molar-refractivity contribution in [3.8, 4) is 0 Å². The quantitative estimate of drug-likeness (QED) is 0.931. The van der Waals surface area contributed by atoms with Gasteiger partial charge in [0, 0.05) is 24.7 Å². The van der Waals surface area contributed by atoms with Crippen LogP contribution >= 0.6 is 15.9 Å². The van der Waals surface area contributed by atoms with Crippen molar-refractivity contribution in [2.24, 2.45) is 0 Å². The minimum atomic E-state index is 0.0879. The summed E-state index contributed by atoms with van der Waals surface area (Å²) in [5.41, 5.74) is 2.14. The fourth-order valence-electron chi connectivity index (χ4n) is 2.24. The molecule has 0 aromatic heterocycles. The highest BCUT2D eigenvalue weighted by Gasteiger charge is 2.20. The summed E-state index contributed by atoms with van der Waals surface area (Å²) in [5, 5.41) is 9.08. The third kappa shape index (κ3) is 3.00. The van der Waals surface area contributed by atoms with Gasteiger partial charge in [0.2, 0.25) is 0 Å². The molecule has 2 rings (SSSR count). The molecule has 1 saturated heterocycles. The van der Waals surface area contributed by atoms with E-state index in [0.29, 0.717) is 6.10 Å². The molecule has 0 unspecified atom stereocenters. The number of aliphatic hydroxyl groups is 1. The van der Waals surface area contributed by atoms with Crippen molar-refractivity contribution in [2.45, 2.75) is 25.6 Å². The zero-order chi connectivity index (χ0) is 12.3. The lowest BCUT2D eigenvalue weighted by Gasteiger charge is -2.33. The second-order valence-electron chi connectivity index (χ2n) is 4.37. The summed E-state index contributed by atoms with van der Waals surface area (Å²) in [6.07, 6.45) is 2.55. The summed E-state index contributed by atoms with van der Waals surface area (Å²) in [7, 11) is 1.78. The average Bonchev–Trinajstić information content (AvgIpc) is 2.39. The van der Waals surface area contributed by atoms with Crippen LogP contribution in [0.15, 0.2) is 22.7 Å². The minimum Gasteiger partial charge on any atom is -0.392 e. The van der Waals surface area contributed by atoms with Gasteiger partial charge in [-0.25, -0.2) is 0 Å². The van der Waals surface area contributed by atoms with Crippen LogP contribution in [0.25, 0.3) is 0 Å². The van der Waals surface area contributed by atoms with E-state index in [4.69, 9.17) is 9.84 Å². The molecule has 1 aliphatic heterocycles. The Hall–Kier alpha value is -0.580. The topological polar surface area (TPSA) is 32.7 Å². The number of rotatable bonds is 3. The number of nitrogens with zero attached hydrogens (tertiary/aromatic N) is 1. The Labute approximate surface area is 111 Å². The predicted octanol–water partition coefficient (Wildman–Crippen LogP) is 2.56. The van der Waals surface area contributed by atoms with Crippen molar-refractivity contribution >= 4 is 21.6 Å². The van der Waals surface area contributed by atoms with Crippen LogP contribution in [0.3, 0.4) is 0 Å². The van der Waals surface area contributed by atoms with Gasteiger partial charge < -0.3 is 14.7 Å². The van der Waals surface area contributed by atoms with Gasteiger partial charge in [0.25, 0.3) is 0 Å². The number of piperidine rings is 1. The second kappa shape index (κ2) is 5.85. The van der Waals surface area contributed by atoms with Gasteiger partial charge in [0.05, 0.1) is 18.4 Å². The minimum absolute atomic E-state index is 0.0879. The first-order chi connectivity index (χ1) is 8.24. The Morgan fingerprint density at radius 1 is 1.41 bits per heavy atom. The van der Waals surface area contributed by atoms with E-state index in [2.05, 4.69) is 26.9 Å². The normalized spacial score (nSPS) is 17.5. The van der Waals surface area contributed by atoms with Gasteiger partial charge in [-0.3, -0.25) is 0 Å². The standard InChI is InChI=1S/C13H18BrNO2/c1-17-11-4-6-15(7-5-11)13-3-2-10(9-16)8-12(13)14/h2-3,8,11,16H,4-7,9H2,1H3. The number of methoxy groups -OCH3 is 1. The SMILES string of the molecule is COC1CCN(c2ccc(CO)cc2Br)CC1. The molecular weight excluding hydrogens is 282 g/mol. The Bertz CT molecular complexity index is 376. The summed E-state index contributed by atoms with van der Waals surface area (Å²) in [6.45, 7) is 2.13. The summed E-state index contributed by atoms with van der Waals surface area (Å²) in [4.78, 5) is 2.36. The Kier molecular flexibility index (Phi) is 4.42. The lowest BCUT2D eigenvalue weighted by Crippen LogP contribution is -2.36. The van der Waals surface area contributed by atoms with E-state index in [1.807, 2.05) is 12.1 Å². The molecule has 0 saturated carbocycles. The molecule has 1 aliphatic rings. The van der Waals surface area contributed by atoms with Crippen molar-refractivity contribution in [1.82, 2.24) is 0 Å². The van der Waals surface area contributed by atoms with Gasteiger partial charge in [-0.15, -0.1) is 0 Å². The first-order valence-electron chi connectivity index (χ1n) is 5.91. The van der Waals surface area contributed by atoms with E-state index in [1.165, 1.54) is 5.69 Å². The number of hydrogen-bond donors (Lipinski definition) is 1. The maximum absolute atomic E-state index is 9.08. The van der Waals surface area contributed by atoms with E-state index in [0.717, 1.165) is 36.0 Å². The predicted molar refractivity (Wildman–Crippen MR) is 72.3 cm³/mol. The van der Waals surface area contributed by atoms with E-state index in [9.17, 15) is 0 Å². The maximum Gasteiger partial charge on any atom is 0.0682 e. The van der Waals surface area contributed by atoms with Crippen LogP contribution < -0.4 is 4.90 Å². The van der Waals surface area contributed by atoms with Crippen LogP contribution in [-0.2, 0) is 11.3 Å².